The van der Waals surface area contributed by atoms with Gasteiger partial charge in [-0.15, -0.1) is 0 Å². The number of nitrogens with two attached hydrogens (primary N) is 1. The molecule has 1 fully saturated rings. The van der Waals surface area contributed by atoms with Crippen molar-refractivity contribution in [1.29, 1.82) is 0 Å². The van der Waals surface area contributed by atoms with E-state index in [1.807, 2.05) is 11.9 Å². The Kier molecular flexibility index (Phi) is 3.45. The summed E-state index contributed by atoms with van der Waals surface area (Å²) in [5.41, 5.74) is 6.85. The van der Waals surface area contributed by atoms with Crippen LogP contribution in [0.4, 0.5) is 5.69 Å². The van der Waals surface area contributed by atoms with Gasteiger partial charge in [0.15, 0.2) is 5.96 Å². The molecule has 6 heteroatoms. The molecule has 0 saturated heterocycles. The van der Waals surface area contributed by atoms with E-state index in [1.165, 1.54) is 25.0 Å². The Bertz CT molecular complexity index is 465. The van der Waals surface area contributed by atoms with Crippen molar-refractivity contribution in [2.45, 2.75) is 25.4 Å². The number of guanidine groups is 1. The van der Waals surface area contributed by atoms with Crippen molar-refractivity contribution in [1.82, 2.24) is 4.90 Å². The Labute approximate surface area is 105 Å². The summed E-state index contributed by atoms with van der Waals surface area (Å²) in [5.74, 6) is 0.524. The molecule has 18 heavy (non-hydrogen) atoms. The lowest BCUT2D eigenvalue weighted by molar-refractivity contribution is -0.384. The lowest BCUT2D eigenvalue weighted by atomic mass is 10.2. The monoisotopic (exact) mass is 248 g/mol. The Hall–Kier alpha value is -2.11. The molecule has 0 aromatic heterocycles. The van der Waals surface area contributed by atoms with Crippen LogP contribution in [0.1, 0.15) is 18.4 Å². The highest BCUT2D eigenvalue weighted by atomic mass is 16.6. The number of nitro groups is 1. The van der Waals surface area contributed by atoms with Gasteiger partial charge in [-0.1, -0.05) is 12.1 Å². The molecule has 1 aliphatic rings. The summed E-state index contributed by atoms with van der Waals surface area (Å²) in [6, 6.07) is 6.89. The van der Waals surface area contributed by atoms with Gasteiger partial charge >= 0.3 is 0 Å². The molecule has 0 aliphatic heterocycles. The fourth-order valence-corrected chi connectivity index (χ4v) is 1.66. The average Bonchev–Trinajstić information content (AvgIpc) is 3.19. The first-order chi connectivity index (χ1) is 8.58. The molecule has 0 atom stereocenters. The summed E-state index contributed by atoms with van der Waals surface area (Å²) in [5, 5.41) is 10.5. The fourth-order valence-electron chi connectivity index (χ4n) is 1.66. The van der Waals surface area contributed by atoms with Crippen LogP contribution in [-0.2, 0) is 6.54 Å². The maximum atomic E-state index is 10.5. The van der Waals surface area contributed by atoms with E-state index in [9.17, 15) is 10.1 Å². The van der Waals surface area contributed by atoms with Gasteiger partial charge in [0.2, 0.25) is 0 Å². The zero-order valence-corrected chi connectivity index (χ0v) is 10.2. The minimum absolute atomic E-state index is 0.0887. The van der Waals surface area contributed by atoms with Gasteiger partial charge in [0, 0.05) is 25.2 Å². The number of rotatable bonds is 4. The third kappa shape index (κ3) is 2.97. The molecule has 0 spiro atoms. The van der Waals surface area contributed by atoms with Gasteiger partial charge in [-0.2, -0.15) is 0 Å². The highest BCUT2D eigenvalue weighted by Crippen LogP contribution is 2.24. The third-order valence-corrected chi connectivity index (χ3v) is 3.03. The second kappa shape index (κ2) is 5.03. The maximum absolute atomic E-state index is 10.5. The van der Waals surface area contributed by atoms with Crippen LogP contribution >= 0.6 is 0 Å². The largest absolute Gasteiger partial charge is 0.370 e. The highest BCUT2D eigenvalue weighted by Gasteiger charge is 2.27. The summed E-state index contributed by atoms with van der Waals surface area (Å²) in [7, 11) is 1.94. The van der Waals surface area contributed by atoms with E-state index in [4.69, 9.17) is 5.73 Å². The molecular weight excluding hydrogens is 232 g/mol. The van der Waals surface area contributed by atoms with Crippen LogP contribution < -0.4 is 5.73 Å². The number of benzene rings is 1. The molecule has 0 unspecified atom stereocenters. The second-order valence-corrected chi connectivity index (χ2v) is 4.44. The summed E-state index contributed by atoms with van der Waals surface area (Å²) in [4.78, 5) is 16.3. The molecule has 2 rings (SSSR count). The SMILES string of the molecule is CN(C(N)=NCc1ccc([N+](=O)[O-])cc1)C1CC1. The maximum Gasteiger partial charge on any atom is 0.269 e. The van der Waals surface area contributed by atoms with Gasteiger partial charge in [-0.05, 0) is 18.4 Å². The quantitative estimate of drug-likeness (QED) is 0.379. The molecule has 0 amide bonds. The number of hydrogen-bond acceptors (Lipinski definition) is 3. The van der Waals surface area contributed by atoms with Crippen molar-refractivity contribution < 1.29 is 4.92 Å². The van der Waals surface area contributed by atoms with Gasteiger partial charge in [-0.25, -0.2) is 4.99 Å². The summed E-state index contributed by atoms with van der Waals surface area (Å²) >= 11 is 0. The smallest absolute Gasteiger partial charge is 0.269 e. The number of hydrogen-bond donors (Lipinski definition) is 1. The summed E-state index contributed by atoms with van der Waals surface area (Å²) < 4.78 is 0. The van der Waals surface area contributed by atoms with E-state index in [0.717, 1.165) is 5.56 Å². The molecule has 1 saturated carbocycles. The van der Waals surface area contributed by atoms with Gasteiger partial charge in [0.25, 0.3) is 5.69 Å². The van der Waals surface area contributed by atoms with Crippen LogP contribution in [0.15, 0.2) is 29.3 Å². The summed E-state index contributed by atoms with van der Waals surface area (Å²) in [6.07, 6.45) is 2.34. The normalized spacial score (nSPS) is 15.5. The van der Waals surface area contributed by atoms with E-state index in [0.29, 0.717) is 18.5 Å². The molecule has 2 N–H and O–H groups in total. The van der Waals surface area contributed by atoms with Crippen molar-refractivity contribution in [3.63, 3.8) is 0 Å². The first-order valence-electron chi connectivity index (χ1n) is 5.84. The van der Waals surface area contributed by atoms with Crippen molar-refractivity contribution in [3.8, 4) is 0 Å². The Balaban J connectivity index is 1.96. The van der Waals surface area contributed by atoms with Crippen molar-refractivity contribution in [3.05, 3.63) is 39.9 Å². The van der Waals surface area contributed by atoms with Gasteiger partial charge in [0.1, 0.15) is 0 Å². The first-order valence-corrected chi connectivity index (χ1v) is 5.84. The van der Waals surface area contributed by atoms with Gasteiger partial charge < -0.3 is 10.6 Å². The van der Waals surface area contributed by atoms with E-state index in [1.54, 1.807) is 12.1 Å². The van der Waals surface area contributed by atoms with Crippen LogP contribution in [0, 0.1) is 10.1 Å². The van der Waals surface area contributed by atoms with Gasteiger partial charge in [0.05, 0.1) is 11.5 Å². The number of aliphatic imine (C=N–C) groups is 1. The predicted molar refractivity (Wildman–Crippen MR) is 69.2 cm³/mol. The number of nitrogens with zero attached hydrogens (tertiary/aromatic N) is 3. The van der Waals surface area contributed by atoms with Crippen molar-refractivity contribution >= 4 is 11.6 Å². The molecule has 1 aromatic carbocycles. The van der Waals surface area contributed by atoms with Crippen LogP contribution in [0.25, 0.3) is 0 Å². The molecule has 6 nitrogen and oxygen atoms in total. The lowest BCUT2D eigenvalue weighted by Gasteiger charge is -2.16. The fraction of sp³-hybridized carbons (Fsp3) is 0.417. The minimum Gasteiger partial charge on any atom is -0.370 e. The van der Waals surface area contributed by atoms with Crippen LogP contribution in [0.3, 0.4) is 0 Å². The number of nitro benzene ring substituents is 1. The van der Waals surface area contributed by atoms with Crippen LogP contribution in [-0.4, -0.2) is 28.9 Å². The number of non-ortho nitro benzene ring substituents is 1. The van der Waals surface area contributed by atoms with E-state index < -0.39 is 4.92 Å². The predicted octanol–water partition coefficient (Wildman–Crippen LogP) is 1.50. The third-order valence-electron chi connectivity index (χ3n) is 3.03. The van der Waals surface area contributed by atoms with E-state index in [-0.39, 0.29) is 5.69 Å². The Morgan fingerprint density at radius 1 is 1.50 bits per heavy atom. The van der Waals surface area contributed by atoms with E-state index in [2.05, 4.69) is 4.99 Å². The van der Waals surface area contributed by atoms with Gasteiger partial charge in [-0.3, -0.25) is 10.1 Å². The topological polar surface area (TPSA) is 84.8 Å². The average molecular weight is 248 g/mol. The molecular formula is C12H16N4O2. The van der Waals surface area contributed by atoms with E-state index >= 15 is 0 Å². The van der Waals surface area contributed by atoms with Crippen molar-refractivity contribution in [2.75, 3.05) is 7.05 Å². The minimum atomic E-state index is -0.414. The van der Waals surface area contributed by atoms with Crippen LogP contribution in [0.5, 0.6) is 0 Å². The highest BCUT2D eigenvalue weighted by molar-refractivity contribution is 5.78. The molecule has 1 aliphatic carbocycles. The molecule has 0 heterocycles. The Morgan fingerprint density at radius 2 is 2.11 bits per heavy atom. The standard InChI is InChI=1S/C12H16N4O2/c1-15(10-6-7-10)12(13)14-8-9-2-4-11(5-3-9)16(17)18/h2-5,10H,6-8H2,1H3,(H2,13,14). The summed E-state index contributed by atoms with van der Waals surface area (Å²) in [6.45, 7) is 0.445. The van der Waals surface area contributed by atoms with Crippen LogP contribution in [0.2, 0.25) is 0 Å². The zero-order valence-electron chi connectivity index (χ0n) is 10.2. The first kappa shape index (κ1) is 12.3. The van der Waals surface area contributed by atoms with Crippen molar-refractivity contribution in [2.24, 2.45) is 10.7 Å². The molecule has 0 radical (unpaired) electrons. The molecule has 0 bridgehead atoms. The zero-order chi connectivity index (χ0) is 13.1. The second-order valence-electron chi connectivity index (χ2n) is 4.44. The lowest BCUT2D eigenvalue weighted by Crippen LogP contribution is -2.35. The Morgan fingerprint density at radius 3 is 2.61 bits per heavy atom. The molecule has 1 aromatic rings. The molecule has 96 valence electrons.